The van der Waals surface area contributed by atoms with E-state index >= 15 is 0 Å². The number of halogens is 1. The fraction of sp³-hybridized carbons (Fsp3) is 0.529. The van der Waals surface area contributed by atoms with E-state index in [0.29, 0.717) is 37.7 Å². The highest BCUT2D eigenvalue weighted by Crippen LogP contribution is 2.30. The second kappa shape index (κ2) is 6.28. The van der Waals surface area contributed by atoms with Gasteiger partial charge in [0.25, 0.3) is 0 Å². The van der Waals surface area contributed by atoms with Gasteiger partial charge >= 0.3 is 0 Å². The van der Waals surface area contributed by atoms with Crippen LogP contribution in [0.15, 0.2) is 24.3 Å². The monoisotopic (exact) mass is 319 g/mol. The Morgan fingerprint density at radius 3 is 2.65 bits per heavy atom. The van der Waals surface area contributed by atoms with Gasteiger partial charge in [-0.1, -0.05) is 0 Å². The van der Waals surface area contributed by atoms with E-state index in [1.165, 1.54) is 12.1 Å². The number of hydrogen-bond donors (Lipinski definition) is 1. The Balaban J connectivity index is 1.71. The number of nitrogens with zero attached hydrogens (tertiary/aromatic N) is 2. The maximum Gasteiger partial charge on any atom is 0.239 e. The molecular formula is C17H22FN3O2. The van der Waals surface area contributed by atoms with E-state index in [0.717, 1.165) is 6.42 Å². The number of benzene rings is 1. The highest BCUT2D eigenvalue weighted by atomic mass is 19.1. The van der Waals surface area contributed by atoms with Crippen LogP contribution in [0.25, 0.3) is 0 Å². The van der Waals surface area contributed by atoms with Crippen molar-refractivity contribution in [2.45, 2.75) is 25.8 Å². The van der Waals surface area contributed by atoms with Crippen molar-refractivity contribution < 1.29 is 14.0 Å². The normalized spacial score (nSPS) is 27.8. The number of amides is 2. The lowest BCUT2D eigenvalue weighted by Crippen LogP contribution is -2.42. The molecule has 0 saturated carbocycles. The van der Waals surface area contributed by atoms with Gasteiger partial charge in [-0.3, -0.25) is 9.59 Å². The van der Waals surface area contributed by atoms with Gasteiger partial charge in [-0.15, -0.1) is 0 Å². The molecule has 124 valence electrons. The average Bonchev–Trinajstić information content (AvgIpc) is 3.10. The van der Waals surface area contributed by atoms with Crippen molar-refractivity contribution in [2.75, 3.05) is 24.5 Å². The third kappa shape index (κ3) is 2.95. The first-order valence-corrected chi connectivity index (χ1v) is 8.08. The van der Waals surface area contributed by atoms with E-state index in [1.807, 2.05) is 6.92 Å². The Morgan fingerprint density at radius 1 is 1.35 bits per heavy atom. The molecule has 2 aliphatic rings. The van der Waals surface area contributed by atoms with Crippen LogP contribution >= 0.6 is 0 Å². The van der Waals surface area contributed by atoms with Crippen LogP contribution in [0.4, 0.5) is 10.1 Å². The second-order valence-electron chi connectivity index (χ2n) is 6.48. The molecule has 0 radical (unpaired) electrons. The Morgan fingerprint density at radius 2 is 2.04 bits per heavy atom. The van der Waals surface area contributed by atoms with Crippen LogP contribution in [0.3, 0.4) is 0 Å². The Kier molecular flexibility index (Phi) is 4.35. The van der Waals surface area contributed by atoms with Gasteiger partial charge in [0.2, 0.25) is 11.8 Å². The molecule has 2 heterocycles. The summed E-state index contributed by atoms with van der Waals surface area (Å²) in [4.78, 5) is 28.7. The molecule has 0 bridgehead atoms. The molecule has 6 heteroatoms. The molecule has 5 nitrogen and oxygen atoms in total. The third-order valence-electron chi connectivity index (χ3n) is 4.92. The van der Waals surface area contributed by atoms with E-state index in [1.54, 1.807) is 21.9 Å². The lowest BCUT2D eigenvalue weighted by atomic mass is 10.1. The molecule has 3 atom stereocenters. The topological polar surface area (TPSA) is 66.6 Å². The predicted octanol–water partition coefficient (Wildman–Crippen LogP) is 1.37. The zero-order valence-electron chi connectivity index (χ0n) is 13.2. The van der Waals surface area contributed by atoms with Crippen molar-refractivity contribution in [1.82, 2.24) is 4.90 Å². The molecule has 1 aromatic carbocycles. The SMILES string of the molecule is CC1CC(CN)CN1C(=O)C1CCN(c2ccc(F)cc2)C1=O. The van der Waals surface area contributed by atoms with Crippen molar-refractivity contribution in [3.63, 3.8) is 0 Å². The first-order valence-electron chi connectivity index (χ1n) is 8.08. The van der Waals surface area contributed by atoms with Crippen molar-refractivity contribution in [3.8, 4) is 0 Å². The fourth-order valence-electron chi connectivity index (χ4n) is 3.61. The van der Waals surface area contributed by atoms with Gasteiger partial charge in [0.05, 0.1) is 0 Å². The van der Waals surface area contributed by atoms with E-state index in [9.17, 15) is 14.0 Å². The number of anilines is 1. The van der Waals surface area contributed by atoms with Crippen LogP contribution in [0.5, 0.6) is 0 Å². The number of carbonyl (C=O) groups excluding carboxylic acids is 2. The minimum atomic E-state index is -0.626. The molecule has 23 heavy (non-hydrogen) atoms. The minimum absolute atomic E-state index is 0.0944. The van der Waals surface area contributed by atoms with Gasteiger partial charge in [0, 0.05) is 24.8 Å². The van der Waals surface area contributed by atoms with Crippen LogP contribution in [-0.4, -0.2) is 42.4 Å². The van der Waals surface area contributed by atoms with E-state index in [-0.39, 0.29) is 23.7 Å². The van der Waals surface area contributed by atoms with E-state index < -0.39 is 5.92 Å². The van der Waals surface area contributed by atoms with Crippen molar-refractivity contribution in [3.05, 3.63) is 30.1 Å². The van der Waals surface area contributed by atoms with Gasteiger partial charge in [-0.05, 0) is 56.5 Å². The first kappa shape index (κ1) is 15.9. The van der Waals surface area contributed by atoms with E-state index in [2.05, 4.69) is 0 Å². The highest BCUT2D eigenvalue weighted by molar-refractivity contribution is 6.09. The quantitative estimate of drug-likeness (QED) is 0.856. The van der Waals surface area contributed by atoms with Crippen molar-refractivity contribution in [2.24, 2.45) is 17.6 Å². The molecule has 2 aliphatic heterocycles. The summed E-state index contributed by atoms with van der Waals surface area (Å²) in [5.74, 6) is -0.933. The van der Waals surface area contributed by atoms with Crippen molar-refractivity contribution in [1.29, 1.82) is 0 Å². The molecule has 0 spiro atoms. The summed E-state index contributed by atoms with van der Waals surface area (Å²) in [6, 6.07) is 5.92. The van der Waals surface area contributed by atoms with Gasteiger partial charge < -0.3 is 15.5 Å². The zero-order valence-corrected chi connectivity index (χ0v) is 13.2. The lowest BCUT2D eigenvalue weighted by Gasteiger charge is -2.24. The van der Waals surface area contributed by atoms with Crippen LogP contribution in [0.2, 0.25) is 0 Å². The number of likely N-dealkylation sites (tertiary alicyclic amines) is 1. The Bertz CT molecular complexity index is 604. The average molecular weight is 319 g/mol. The number of rotatable bonds is 3. The Labute approximate surface area is 135 Å². The second-order valence-corrected chi connectivity index (χ2v) is 6.48. The molecule has 1 aromatic rings. The molecule has 3 unspecified atom stereocenters. The van der Waals surface area contributed by atoms with Crippen LogP contribution in [0.1, 0.15) is 19.8 Å². The van der Waals surface area contributed by atoms with Crippen LogP contribution < -0.4 is 10.6 Å². The number of carbonyl (C=O) groups is 2. The fourth-order valence-corrected chi connectivity index (χ4v) is 3.61. The van der Waals surface area contributed by atoms with Crippen molar-refractivity contribution >= 4 is 17.5 Å². The lowest BCUT2D eigenvalue weighted by molar-refractivity contribution is -0.140. The molecule has 2 fully saturated rings. The predicted molar refractivity (Wildman–Crippen MR) is 85.2 cm³/mol. The van der Waals surface area contributed by atoms with E-state index in [4.69, 9.17) is 5.73 Å². The van der Waals surface area contributed by atoms with Gasteiger partial charge in [-0.2, -0.15) is 0 Å². The van der Waals surface area contributed by atoms with Gasteiger partial charge in [0.15, 0.2) is 0 Å². The largest absolute Gasteiger partial charge is 0.339 e. The smallest absolute Gasteiger partial charge is 0.239 e. The maximum absolute atomic E-state index is 13.0. The highest BCUT2D eigenvalue weighted by Gasteiger charge is 2.42. The Hall–Kier alpha value is -1.95. The summed E-state index contributed by atoms with van der Waals surface area (Å²) in [5, 5.41) is 0. The summed E-state index contributed by atoms with van der Waals surface area (Å²) < 4.78 is 13.0. The summed E-state index contributed by atoms with van der Waals surface area (Å²) in [7, 11) is 0. The molecular weight excluding hydrogens is 297 g/mol. The molecule has 0 aromatic heterocycles. The first-order chi connectivity index (χ1) is 11.0. The summed E-state index contributed by atoms with van der Waals surface area (Å²) >= 11 is 0. The molecule has 0 aliphatic carbocycles. The molecule has 2 amide bonds. The minimum Gasteiger partial charge on any atom is -0.339 e. The maximum atomic E-state index is 13.0. The van der Waals surface area contributed by atoms with Crippen LogP contribution in [-0.2, 0) is 9.59 Å². The third-order valence-corrected chi connectivity index (χ3v) is 4.92. The molecule has 2 N–H and O–H groups in total. The summed E-state index contributed by atoms with van der Waals surface area (Å²) in [6.07, 6.45) is 1.40. The zero-order chi connectivity index (χ0) is 16.6. The molecule has 3 rings (SSSR count). The summed E-state index contributed by atoms with van der Waals surface area (Å²) in [6.45, 7) is 3.69. The van der Waals surface area contributed by atoms with Gasteiger partial charge in [-0.25, -0.2) is 4.39 Å². The molecule has 2 saturated heterocycles. The number of hydrogen-bond acceptors (Lipinski definition) is 3. The summed E-state index contributed by atoms with van der Waals surface area (Å²) in [5.41, 5.74) is 6.35. The van der Waals surface area contributed by atoms with Gasteiger partial charge in [0.1, 0.15) is 11.7 Å². The van der Waals surface area contributed by atoms with Crippen LogP contribution in [0, 0.1) is 17.7 Å². The number of nitrogens with two attached hydrogens (primary N) is 1. The standard InChI is InChI=1S/C17H22FN3O2/c1-11-8-12(9-19)10-21(11)17(23)15-6-7-20(16(15)22)14-4-2-13(18)3-5-14/h2-5,11-12,15H,6-10,19H2,1H3.